The Bertz CT molecular complexity index is 1240. The van der Waals surface area contributed by atoms with Crippen molar-refractivity contribution in [3.63, 3.8) is 0 Å². The van der Waals surface area contributed by atoms with Crippen molar-refractivity contribution in [2.75, 3.05) is 25.7 Å². The van der Waals surface area contributed by atoms with Crippen LogP contribution in [0.1, 0.15) is 43.9 Å². The molecule has 2 aromatic rings. The molecule has 11 heteroatoms. The van der Waals surface area contributed by atoms with Crippen molar-refractivity contribution in [2.45, 2.75) is 68.2 Å². The zero-order chi connectivity index (χ0) is 29.0. The first-order chi connectivity index (χ1) is 19.7. The number of rotatable bonds is 8. The van der Waals surface area contributed by atoms with Gasteiger partial charge in [-0.25, -0.2) is 4.79 Å². The minimum absolute atomic E-state index is 0.199. The molecule has 0 saturated carbocycles. The summed E-state index contributed by atoms with van der Waals surface area (Å²) in [6.07, 6.45) is -1.30. The summed E-state index contributed by atoms with van der Waals surface area (Å²) in [4.78, 5) is 41.8. The molecule has 3 amide bonds. The number of alkyl carbamates (subject to hydrolysis) is 1. The Kier molecular flexibility index (Phi) is 9.06. The topological polar surface area (TPSA) is 126 Å². The SMILES string of the molecule is CC1(C)SCN(C(=O)[C@@H](O)[C@H](Cc2ccccc2)NC(=O)O[C@H]2CCOC2)[C@@H]1C(=O)N[C@@H]1CCOc2ccccc21. The fraction of sp³-hybridized carbons (Fsp3) is 0.500. The third kappa shape index (κ3) is 6.79. The van der Waals surface area contributed by atoms with E-state index < -0.39 is 34.9 Å². The van der Waals surface area contributed by atoms with Gasteiger partial charge in [0, 0.05) is 23.2 Å². The number of benzene rings is 2. The molecule has 5 atom stereocenters. The van der Waals surface area contributed by atoms with E-state index in [0.717, 1.165) is 16.9 Å². The highest BCUT2D eigenvalue weighted by molar-refractivity contribution is 8.00. The first-order valence-corrected chi connectivity index (χ1v) is 14.9. The van der Waals surface area contributed by atoms with Gasteiger partial charge in [0.1, 0.15) is 17.9 Å². The molecule has 3 heterocycles. The number of aliphatic hydroxyl groups is 1. The van der Waals surface area contributed by atoms with Crippen molar-refractivity contribution in [3.05, 3.63) is 65.7 Å². The van der Waals surface area contributed by atoms with Crippen molar-refractivity contribution in [1.29, 1.82) is 0 Å². The smallest absolute Gasteiger partial charge is 0.407 e. The van der Waals surface area contributed by atoms with E-state index >= 15 is 0 Å². The van der Waals surface area contributed by atoms with Crippen molar-refractivity contribution in [1.82, 2.24) is 15.5 Å². The fourth-order valence-corrected chi connectivity index (χ4v) is 6.69. The summed E-state index contributed by atoms with van der Waals surface area (Å²) < 4.78 is 15.9. The van der Waals surface area contributed by atoms with Crippen LogP contribution in [0.2, 0.25) is 0 Å². The number of amides is 3. The molecule has 0 unspecified atom stereocenters. The maximum atomic E-state index is 13.8. The lowest BCUT2D eigenvalue weighted by atomic mass is 9.95. The summed E-state index contributed by atoms with van der Waals surface area (Å²) in [5.41, 5.74) is 1.73. The summed E-state index contributed by atoms with van der Waals surface area (Å²) in [6, 6.07) is 14.8. The van der Waals surface area contributed by atoms with Gasteiger partial charge in [0.25, 0.3) is 5.91 Å². The van der Waals surface area contributed by atoms with Crippen LogP contribution in [0, 0.1) is 0 Å². The van der Waals surface area contributed by atoms with E-state index in [1.807, 2.05) is 68.4 Å². The van der Waals surface area contributed by atoms with Gasteiger partial charge in [-0.15, -0.1) is 11.8 Å². The highest BCUT2D eigenvalue weighted by atomic mass is 32.2. The van der Waals surface area contributed by atoms with Gasteiger partial charge in [-0.1, -0.05) is 48.5 Å². The van der Waals surface area contributed by atoms with Crippen LogP contribution >= 0.6 is 11.8 Å². The highest BCUT2D eigenvalue weighted by Gasteiger charge is 2.50. The molecule has 0 bridgehead atoms. The lowest BCUT2D eigenvalue weighted by Gasteiger charge is -2.35. The van der Waals surface area contributed by atoms with E-state index in [-0.39, 0.29) is 30.4 Å². The summed E-state index contributed by atoms with van der Waals surface area (Å²) in [7, 11) is 0. The van der Waals surface area contributed by atoms with Gasteiger partial charge < -0.3 is 34.9 Å². The molecule has 2 fully saturated rings. The van der Waals surface area contributed by atoms with Gasteiger partial charge in [-0.3, -0.25) is 9.59 Å². The van der Waals surface area contributed by atoms with Crippen LogP contribution in [0.4, 0.5) is 4.79 Å². The van der Waals surface area contributed by atoms with E-state index in [9.17, 15) is 19.5 Å². The molecule has 0 aromatic heterocycles. The van der Waals surface area contributed by atoms with Crippen LogP contribution < -0.4 is 15.4 Å². The number of para-hydroxylation sites is 1. The quantitative estimate of drug-likeness (QED) is 0.433. The second-order valence-corrected chi connectivity index (χ2v) is 12.7. The number of hydrogen-bond acceptors (Lipinski definition) is 8. The number of carbonyl (C=O) groups excluding carboxylic acids is 3. The largest absolute Gasteiger partial charge is 0.493 e. The second kappa shape index (κ2) is 12.7. The molecule has 0 aliphatic carbocycles. The average Bonchev–Trinajstić information content (AvgIpc) is 3.59. The standard InChI is InChI=1S/C30H37N3O7S/c1-30(2)26(27(35)31-22-13-15-39-24-11-7-6-10-21(22)24)33(18-41-30)28(36)25(34)23(16-19-8-4-3-5-9-19)32-29(37)40-20-12-14-38-17-20/h3-11,20,22-23,25-26,34H,12-18H2,1-2H3,(H,31,35)(H,32,37)/t20-,22+,23-,25-,26+/m0/s1. The average molecular weight is 584 g/mol. The third-order valence-corrected chi connectivity index (χ3v) is 9.12. The lowest BCUT2D eigenvalue weighted by Crippen LogP contribution is -2.59. The molecule has 5 rings (SSSR count). The predicted molar refractivity (Wildman–Crippen MR) is 153 cm³/mol. The lowest BCUT2D eigenvalue weighted by molar-refractivity contribution is -0.147. The van der Waals surface area contributed by atoms with E-state index in [0.29, 0.717) is 32.7 Å². The first kappa shape index (κ1) is 29.2. The molecule has 10 nitrogen and oxygen atoms in total. The second-order valence-electron chi connectivity index (χ2n) is 11.1. The number of ether oxygens (including phenoxy) is 3. The van der Waals surface area contributed by atoms with Crippen LogP contribution in [-0.2, 0) is 25.5 Å². The number of thioether (sulfide) groups is 1. The molecule has 3 aliphatic heterocycles. The Morgan fingerprint density at radius 2 is 1.85 bits per heavy atom. The summed E-state index contributed by atoms with van der Waals surface area (Å²) >= 11 is 1.47. The van der Waals surface area contributed by atoms with Crippen LogP contribution in [-0.4, -0.2) is 82.7 Å². The van der Waals surface area contributed by atoms with E-state index in [4.69, 9.17) is 14.2 Å². The van der Waals surface area contributed by atoms with Gasteiger partial charge in [0.15, 0.2) is 6.10 Å². The molecule has 41 heavy (non-hydrogen) atoms. The number of aliphatic hydroxyl groups excluding tert-OH is 1. The third-order valence-electron chi connectivity index (χ3n) is 7.75. The number of fused-ring (bicyclic) bond motifs is 1. The van der Waals surface area contributed by atoms with Crippen LogP contribution in [0.5, 0.6) is 5.75 Å². The number of hydrogen-bond donors (Lipinski definition) is 3. The molecule has 2 aromatic carbocycles. The summed E-state index contributed by atoms with van der Waals surface area (Å²) in [5.74, 6) is 0.0441. The van der Waals surface area contributed by atoms with Gasteiger partial charge in [0.2, 0.25) is 5.91 Å². The zero-order valence-electron chi connectivity index (χ0n) is 23.3. The Hall–Kier alpha value is -3.28. The molecule has 0 radical (unpaired) electrons. The molecule has 2 saturated heterocycles. The fourth-order valence-electron chi connectivity index (χ4n) is 5.55. The van der Waals surface area contributed by atoms with E-state index in [1.165, 1.54) is 16.7 Å². The molecular formula is C30H37N3O7S. The van der Waals surface area contributed by atoms with Crippen molar-refractivity contribution < 1.29 is 33.7 Å². The van der Waals surface area contributed by atoms with Gasteiger partial charge in [-0.05, 0) is 31.9 Å². The van der Waals surface area contributed by atoms with Crippen molar-refractivity contribution in [2.24, 2.45) is 0 Å². The molecule has 3 aliphatic rings. The number of carbonyl (C=O) groups is 3. The summed E-state index contributed by atoms with van der Waals surface area (Å²) in [5, 5.41) is 17.2. The maximum absolute atomic E-state index is 13.8. The normalized spacial score (nSPS) is 24.5. The van der Waals surface area contributed by atoms with Crippen LogP contribution in [0.25, 0.3) is 0 Å². The summed E-state index contributed by atoms with van der Waals surface area (Å²) in [6.45, 7) is 5.13. The predicted octanol–water partition coefficient (Wildman–Crippen LogP) is 2.79. The molecule has 0 spiro atoms. The Balaban J connectivity index is 1.32. The first-order valence-electron chi connectivity index (χ1n) is 14.0. The molecule has 220 valence electrons. The highest BCUT2D eigenvalue weighted by Crippen LogP contribution is 2.41. The Labute approximate surface area is 244 Å². The minimum atomic E-state index is -1.60. The van der Waals surface area contributed by atoms with Gasteiger partial charge in [0.05, 0.1) is 37.8 Å². The van der Waals surface area contributed by atoms with E-state index in [1.54, 1.807) is 0 Å². The monoisotopic (exact) mass is 583 g/mol. The van der Waals surface area contributed by atoms with Crippen molar-refractivity contribution in [3.8, 4) is 5.75 Å². The Morgan fingerprint density at radius 3 is 2.61 bits per heavy atom. The minimum Gasteiger partial charge on any atom is -0.493 e. The number of nitrogens with one attached hydrogen (secondary N) is 2. The van der Waals surface area contributed by atoms with Crippen LogP contribution in [0.3, 0.4) is 0 Å². The number of nitrogens with zero attached hydrogens (tertiary/aromatic N) is 1. The molecular weight excluding hydrogens is 546 g/mol. The zero-order valence-corrected chi connectivity index (χ0v) is 24.1. The van der Waals surface area contributed by atoms with E-state index in [2.05, 4.69) is 10.6 Å². The van der Waals surface area contributed by atoms with Gasteiger partial charge >= 0.3 is 6.09 Å². The Morgan fingerprint density at radius 1 is 1.10 bits per heavy atom. The van der Waals surface area contributed by atoms with Crippen molar-refractivity contribution >= 4 is 29.7 Å². The van der Waals surface area contributed by atoms with Crippen LogP contribution in [0.15, 0.2) is 54.6 Å². The molecule has 3 N–H and O–H groups in total. The maximum Gasteiger partial charge on any atom is 0.407 e. The van der Waals surface area contributed by atoms with Gasteiger partial charge in [-0.2, -0.15) is 0 Å².